The van der Waals surface area contributed by atoms with E-state index in [1.54, 1.807) is 28.4 Å². The van der Waals surface area contributed by atoms with Gasteiger partial charge in [-0.1, -0.05) is 19.8 Å². The molecule has 7 heteroatoms. The van der Waals surface area contributed by atoms with Gasteiger partial charge in [0, 0.05) is 22.0 Å². The first-order valence-corrected chi connectivity index (χ1v) is 10.6. The van der Waals surface area contributed by atoms with E-state index in [2.05, 4.69) is 23.1 Å². The van der Waals surface area contributed by atoms with Gasteiger partial charge < -0.3 is 4.57 Å². The van der Waals surface area contributed by atoms with E-state index in [9.17, 15) is 9.65 Å². The van der Waals surface area contributed by atoms with Crippen molar-refractivity contribution in [2.24, 2.45) is 0 Å². The third kappa shape index (κ3) is 3.68. The average molecular weight is 408 g/mol. The van der Waals surface area contributed by atoms with E-state index in [0.29, 0.717) is 5.56 Å². The number of hydrogen-bond donors (Lipinski definition) is 0. The summed E-state index contributed by atoms with van der Waals surface area (Å²) in [6, 6.07) is 9.03. The van der Waals surface area contributed by atoms with Crippen molar-refractivity contribution in [1.29, 1.82) is 5.26 Å². The molecule has 5 nitrogen and oxygen atoms in total. The quantitative estimate of drug-likeness (QED) is 0.373. The van der Waals surface area contributed by atoms with E-state index >= 15 is 0 Å². The molecule has 0 N–H and O–H groups in total. The zero-order chi connectivity index (χ0) is 20.4. The number of benzene rings is 1. The van der Waals surface area contributed by atoms with Crippen molar-refractivity contribution in [3.05, 3.63) is 64.9 Å². The second kappa shape index (κ2) is 8.18. The van der Waals surface area contributed by atoms with E-state index in [1.807, 2.05) is 23.8 Å². The van der Waals surface area contributed by atoms with Crippen molar-refractivity contribution in [3.8, 4) is 11.1 Å². The van der Waals surface area contributed by atoms with Gasteiger partial charge in [-0.05, 0) is 44.0 Å². The molecule has 0 bridgehead atoms. The second-order valence-electron chi connectivity index (χ2n) is 7.17. The number of aromatic nitrogens is 4. The van der Waals surface area contributed by atoms with Crippen LogP contribution in [0.25, 0.3) is 15.9 Å². The second-order valence-corrected chi connectivity index (χ2v) is 8.28. The first-order chi connectivity index (χ1) is 14.1. The molecule has 1 unspecified atom stereocenters. The minimum Gasteiger partial charge on any atom is -0.307 e. The molecule has 148 valence electrons. The highest BCUT2D eigenvalue weighted by molar-refractivity contribution is 7.14. The van der Waals surface area contributed by atoms with Gasteiger partial charge in [0.25, 0.3) is 0 Å². The summed E-state index contributed by atoms with van der Waals surface area (Å²) in [5, 5.41) is 15.7. The molecule has 0 aliphatic heterocycles. The lowest BCUT2D eigenvalue weighted by molar-refractivity contribution is 0.565. The Bertz CT molecular complexity index is 1170. The van der Waals surface area contributed by atoms with Gasteiger partial charge >= 0.3 is 0 Å². The highest BCUT2D eigenvalue weighted by Gasteiger charge is 2.20. The van der Waals surface area contributed by atoms with E-state index in [4.69, 9.17) is 0 Å². The maximum absolute atomic E-state index is 14.1. The SMILES string of the molecule is CCCCCc1cc(C#N)c(-n2cc(C(C)n3cncn3)c3ccc(F)cc32)s1. The first kappa shape index (κ1) is 19.3. The number of hydrogen-bond acceptors (Lipinski definition) is 4. The number of halogens is 1. The van der Waals surface area contributed by atoms with E-state index in [-0.39, 0.29) is 11.9 Å². The van der Waals surface area contributed by atoms with E-state index < -0.39 is 0 Å². The third-order valence-corrected chi connectivity index (χ3v) is 6.41. The Kier molecular flexibility index (Phi) is 5.45. The third-order valence-electron chi connectivity index (χ3n) is 5.21. The van der Waals surface area contributed by atoms with Crippen LogP contribution in [-0.2, 0) is 6.42 Å². The standard InChI is InChI=1S/C22H22FN5S/c1-3-4-5-6-18-9-16(11-24)22(29-18)27-12-20(15(2)28-14-25-13-26-28)19-8-7-17(23)10-21(19)27/h7-10,12-15H,3-6H2,1-2H3. The lowest BCUT2D eigenvalue weighted by Crippen LogP contribution is -2.06. The van der Waals surface area contributed by atoms with E-state index in [1.165, 1.54) is 29.8 Å². The van der Waals surface area contributed by atoms with Crippen molar-refractivity contribution < 1.29 is 4.39 Å². The average Bonchev–Trinajstić information content (AvgIpc) is 3.45. The summed E-state index contributed by atoms with van der Waals surface area (Å²) < 4.78 is 17.8. The van der Waals surface area contributed by atoms with Crippen molar-refractivity contribution in [2.75, 3.05) is 0 Å². The number of unbranched alkanes of at least 4 members (excludes halogenated alkanes) is 2. The lowest BCUT2D eigenvalue weighted by Gasteiger charge is -2.10. The number of nitriles is 1. The summed E-state index contributed by atoms with van der Waals surface area (Å²) in [6.07, 6.45) is 9.58. The van der Waals surface area contributed by atoms with Gasteiger partial charge in [0.2, 0.25) is 0 Å². The van der Waals surface area contributed by atoms with Gasteiger partial charge in [0.05, 0.1) is 17.1 Å². The predicted molar refractivity (Wildman–Crippen MR) is 113 cm³/mol. The molecule has 3 heterocycles. The number of rotatable bonds is 7. The van der Waals surface area contributed by atoms with Crippen LogP contribution in [0.1, 0.15) is 55.2 Å². The Hall–Kier alpha value is -2.98. The minimum atomic E-state index is -0.296. The van der Waals surface area contributed by atoms with Crippen LogP contribution in [-0.4, -0.2) is 19.3 Å². The summed E-state index contributed by atoms with van der Waals surface area (Å²) in [5.74, 6) is -0.296. The maximum atomic E-state index is 14.1. The Balaban J connectivity index is 1.84. The van der Waals surface area contributed by atoms with Crippen LogP contribution in [0.2, 0.25) is 0 Å². The molecule has 0 radical (unpaired) electrons. The summed E-state index contributed by atoms with van der Waals surface area (Å²) in [6.45, 7) is 4.21. The number of fused-ring (bicyclic) bond motifs is 1. The summed E-state index contributed by atoms with van der Waals surface area (Å²) in [7, 11) is 0. The number of nitrogens with zero attached hydrogens (tertiary/aromatic N) is 5. The highest BCUT2D eigenvalue weighted by Crippen LogP contribution is 2.35. The Morgan fingerprint density at radius 2 is 2.14 bits per heavy atom. The molecule has 1 aromatic carbocycles. The zero-order valence-electron chi connectivity index (χ0n) is 16.5. The Morgan fingerprint density at radius 1 is 1.28 bits per heavy atom. The van der Waals surface area contributed by atoms with Crippen LogP contribution in [0.4, 0.5) is 4.39 Å². The fourth-order valence-corrected chi connectivity index (χ4v) is 4.79. The molecule has 29 heavy (non-hydrogen) atoms. The van der Waals surface area contributed by atoms with Crippen LogP contribution in [0.5, 0.6) is 0 Å². The molecular weight excluding hydrogens is 385 g/mol. The van der Waals surface area contributed by atoms with Gasteiger partial charge in [0.1, 0.15) is 29.5 Å². The highest BCUT2D eigenvalue weighted by atomic mass is 32.1. The molecule has 0 saturated carbocycles. The van der Waals surface area contributed by atoms with Crippen molar-refractivity contribution in [2.45, 2.75) is 45.6 Å². The molecule has 4 aromatic rings. The summed E-state index contributed by atoms with van der Waals surface area (Å²) >= 11 is 1.61. The predicted octanol–water partition coefficient (Wildman–Crippen LogP) is 5.64. The molecule has 0 aliphatic carbocycles. The fraction of sp³-hybridized carbons (Fsp3) is 0.318. The van der Waals surface area contributed by atoms with Gasteiger partial charge in [0.15, 0.2) is 0 Å². The normalized spacial score (nSPS) is 12.3. The molecule has 0 saturated heterocycles. The van der Waals surface area contributed by atoms with Gasteiger partial charge in [-0.2, -0.15) is 10.4 Å². The topological polar surface area (TPSA) is 59.4 Å². The molecule has 0 spiro atoms. The lowest BCUT2D eigenvalue weighted by atomic mass is 10.1. The zero-order valence-corrected chi connectivity index (χ0v) is 17.3. The summed E-state index contributed by atoms with van der Waals surface area (Å²) in [5.41, 5.74) is 2.39. The minimum absolute atomic E-state index is 0.0683. The van der Waals surface area contributed by atoms with Crippen molar-refractivity contribution in [3.63, 3.8) is 0 Å². The van der Waals surface area contributed by atoms with Crippen molar-refractivity contribution >= 4 is 22.2 Å². The van der Waals surface area contributed by atoms with Crippen LogP contribution in [0, 0.1) is 17.1 Å². The van der Waals surface area contributed by atoms with Gasteiger partial charge in [-0.25, -0.2) is 14.1 Å². The maximum Gasteiger partial charge on any atom is 0.137 e. The molecule has 4 rings (SSSR count). The molecule has 0 aliphatic rings. The largest absolute Gasteiger partial charge is 0.307 e. The monoisotopic (exact) mass is 407 g/mol. The van der Waals surface area contributed by atoms with Crippen LogP contribution in [0.15, 0.2) is 43.1 Å². The number of thiophene rings is 1. The van der Waals surface area contributed by atoms with Crippen LogP contribution < -0.4 is 0 Å². The van der Waals surface area contributed by atoms with Gasteiger partial charge in [-0.15, -0.1) is 11.3 Å². The smallest absolute Gasteiger partial charge is 0.137 e. The van der Waals surface area contributed by atoms with Crippen LogP contribution >= 0.6 is 11.3 Å². The molecular formula is C22H22FN5S. The molecule has 0 fully saturated rings. The fourth-order valence-electron chi connectivity index (χ4n) is 3.65. The summed E-state index contributed by atoms with van der Waals surface area (Å²) in [4.78, 5) is 5.23. The van der Waals surface area contributed by atoms with Crippen molar-refractivity contribution in [1.82, 2.24) is 19.3 Å². The number of aryl methyl sites for hydroxylation is 1. The first-order valence-electron chi connectivity index (χ1n) is 9.80. The molecule has 1 atom stereocenters. The Labute approximate surface area is 173 Å². The van der Waals surface area contributed by atoms with Crippen LogP contribution in [0.3, 0.4) is 0 Å². The molecule has 0 amide bonds. The van der Waals surface area contributed by atoms with E-state index in [0.717, 1.165) is 40.7 Å². The molecule has 3 aromatic heterocycles. The van der Waals surface area contributed by atoms with Gasteiger partial charge in [-0.3, -0.25) is 0 Å². The Morgan fingerprint density at radius 3 is 2.86 bits per heavy atom.